The van der Waals surface area contributed by atoms with Gasteiger partial charge in [-0.3, -0.25) is 14.7 Å². The fourth-order valence-electron chi connectivity index (χ4n) is 3.53. The largest absolute Gasteiger partial charge is 0.356 e. The molecule has 29 heavy (non-hydrogen) atoms. The second-order valence-corrected chi connectivity index (χ2v) is 9.83. The number of carbonyl (C=O) groups excluding carboxylic acids is 1. The zero-order valence-electron chi connectivity index (χ0n) is 18.9. The minimum atomic E-state index is -0.223. The van der Waals surface area contributed by atoms with Crippen LogP contribution in [0.2, 0.25) is 0 Å². The molecule has 164 valence electrons. The fourth-order valence-corrected chi connectivity index (χ4v) is 4.27. The molecule has 2 N–H and O–H groups in total. The van der Waals surface area contributed by atoms with E-state index in [9.17, 15) is 4.79 Å². The molecule has 0 radical (unpaired) electrons. The van der Waals surface area contributed by atoms with Gasteiger partial charge in [-0.05, 0) is 59.0 Å². The van der Waals surface area contributed by atoms with Gasteiger partial charge in [0.2, 0.25) is 5.91 Å². The van der Waals surface area contributed by atoms with Crippen molar-refractivity contribution in [1.29, 1.82) is 0 Å². The first-order chi connectivity index (χ1) is 13.7. The summed E-state index contributed by atoms with van der Waals surface area (Å²) in [4.78, 5) is 25.6. The molecular formula is C21H38N6OS. The van der Waals surface area contributed by atoms with Gasteiger partial charge in [0.25, 0.3) is 0 Å². The quantitative estimate of drug-likeness (QED) is 0.521. The number of guanidine groups is 1. The molecule has 0 aliphatic carbocycles. The molecule has 1 saturated heterocycles. The summed E-state index contributed by atoms with van der Waals surface area (Å²) in [6.45, 7) is 12.5. The minimum Gasteiger partial charge on any atom is -0.356 e. The summed E-state index contributed by atoms with van der Waals surface area (Å²) in [5.41, 5.74) is 0.985. The maximum Gasteiger partial charge on any atom is 0.240 e. The first kappa shape index (κ1) is 23.6. The second kappa shape index (κ2) is 10.9. The van der Waals surface area contributed by atoms with Gasteiger partial charge in [-0.25, -0.2) is 4.98 Å². The molecule has 1 amide bonds. The molecule has 1 aliphatic heterocycles. The number of likely N-dealkylation sites (tertiary alicyclic amines) is 1. The Morgan fingerprint density at radius 2 is 2.07 bits per heavy atom. The zero-order chi connectivity index (χ0) is 21.4. The molecule has 0 unspecified atom stereocenters. The smallest absolute Gasteiger partial charge is 0.240 e. The van der Waals surface area contributed by atoms with E-state index in [0.29, 0.717) is 12.5 Å². The molecule has 1 fully saturated rings. The highest BCUT2D eigenvalue weighted by Crippen LogP contribution is 2.19. The van der Waals surface area contributed by atoms with Crippen LogP contribution in [0.3, 0.4) is 0 Å². The number of hydrogen-bond acceptors (Lipinski definition) is 5. The van der Waals surface area contributed by atoms with Crippen LogP contribution in [0, 0.1) is 5.92 Å². The van der Waals surface area contributed by atoms with Crippen LogP contribution >= 0.6 is 11.3 Å². The van der Waals surface area contributed by atoms with Gasteiger partial charge in [0.1, 0.15) is 0 Å². The van der Waals surface area contributed by atoms with E-state index in [2.05, 4.69) is 37.8 Å². The summed E-state index contributed by atoms with van der Waals surface area (Å²) in [5.74, 6) is 1.40. The van der Waals surface area contributed by atoms with Crippen LogP contribution in [0.5, 0.6) is 0 Å². The topological polar surface area (TPSA) is 72.9 Å². The molecule has 0 atom stereocenters. The number of amides is 1. The summed E-state index contributed by atoms with van der Waals surface area (Å²) < 4.78 is 0. The number of likely N-dealkylation sites (N-methyl/N-ethyl adjacent to an activating group) is 1. The standard InChI is InChI=1S/C21H38N6OS/c1-7-19-24-17(15-29-19)13-27-10-8-16(9-11-27)12-23-20(22-5)26(6)14-18(28)25-21(2,3)4/h15-16H,7-14H2,1-6H3,(H,22,23)(H,25,28). The molecule has 0 saturated carbocycles. The Labute approximate surface area is 180 Å². The Balaban J connectivity index is 1.71. The van der Waals surface area contributed by atoms with E-state index in [4.69, 9.17) is 0 Å². The molecule has 1 aliphatic rings. The zero-order valence-corrected chi connectivity index (χ0v) is 19.7. The summed E-state index contributed by atoms with van der Waals surface area (Å²) in [6, 6.07) is 0. The minimum absolute atomic E-state index is 0.00419. The van der Waals surface area contributed by atoms with Crippen molar-refractivity contribution in [3.63, 3.8) is 0 Å². The lowest BCUT2D eigenvalue weighted by Crippen LogP contribution is -2.49. The van der Waals surface area contributed by atoms with Crippen LogP contribution in [-0.2, 0) is 17.8 Å². The summed E-state index contributed by atoms with van der Waals surface area (Å²) in [5, 5.41) is 9.86. The van der Waals surface area contributed by atoms with E-state index in [0.717, 1.165) is 38.6 Å². The number of nitrogens with one attached hydrogen (secondary N) is 2. The number of aliphatic imine (C=N–C) groups is 1. The van der Waals surface area contributed by atoms with Crippen LogP contribution in [-0.4, -0.2) is 72.5 Å². The third kappa shape index (κ3) is 8.30. The van der Waals surface area contributed by atoms with Crippen LogP contribution in [0.15, 0.2) is 10.4 Å². The third-order valence-corrected chi connectivity index (χ3v) is 6.05. The Morgan fingerprint density at radius 3 is 2.62 bits per heavy atom. The molecule has 2 heterocycles. The van der Waals surface area contributed by atoms with E-state index in [1.54, 1.807) is 18.4 Å². The molecule has 1 aromatic heterocycles. The number of aromatic nitrogens is 1. The molecule has 0 aromatic carbocycles. The van der Waals surface area contributed by atoms with Crippen LogP contribution in [0.1, 0.15) is 51.2 Å². The Kier molecular flexibility index (Phi) is 8.89. The van der Waals surface area contributed by atoms with E-state index in [1.165, 1.54) is 23.5 Å². The van der Waals surface area contributed by atoms with Gasteiger partial charge in [-0.2, -0.15) is 0 Å². The SMILES string of the molecule is CCc1nc(CN2CCC(CNC(=NC)N(C)CC(=O)NC(C)(C)C)CC2)cs1. The predicted octanol–water partition coefficient (Wildman–Crippen LogP) is 2.34. The van der Waals surface area contributed by atoms with Gasteiger partial charge in [-0.15, -0.1) is 11.3 Å². The van der Waals surface area contributed by atoms with Crippen molar-refractivity contribution in [1.82, 2.24) is 25.4 Å². The van der Waals surface area contributed by atoms with Crippen molar-refractivity contribution in [2.75, 3.05) is 40.3 Å². The lowest BCUT2D eigenvalue weighted by atomic mass is 9.97. The Hall–Kier alpha value is -1.67. The van der Waals surface area contributed by atoms with Crippen molar-refractivity contribution in [3.8, 4) is 0 Å². The van der Waals surface area contributed by atoms with Gasteiger partial charge in [0.15, 0.2) is 5.96 Å². The van der Waals surface area contributed by atoms with Gasteiger partial charge in [-0.1, -0.05) is 6.92 Å². The third-order valence-electron chi connectivity index (χ3n) is 5.01. The Morgan fingerprint density at radius 1 is 1.38 bits per heavy atom. The number of thiazole rings is 1. The van der Waals surface area contributed by atoms with E-state index >= 15 is 0 Å². The monoisotopic (exact) mass is 422 g/mol. The molecule has 8 heteroatoms. The fraction of sp³-hybridized carbons (Fsp3) is 0.762. The number of hydrogen-bond donors (Lipinski definition) is 2. The van der Waals surface area contributed by atoms with E-state index in [1.807, 2.05) is 32.7 Å². The molecular weight excluding hydrogens is 384 g/mol. The number of carbonyl (C=O) groups is 1. The first-order valence-electron chi connectivity index (χ1n) is 10.6. The highest BCUT2D eigenvalue weighted by molar-refractivity contribution is 7.09. The average molecular weight is 423 g/mol. The Bertz CT molecular complexity index is 673. The number of piperidine rings is 1. The summed E-state index contributed by atoms with van der Waals surface area (Å²) in [7, 11) is 3.67. The van der Waals surface area contributed by atoms with Gasteiger partial charge in [0, 0.05) is 38.1 Å². The number of rotatable bonds is 7. The maximum atomic E-state index is 12.2. The van der Waals surface area contributed by atoms with Gasteiger partial charge < -0.3 is 15.5 Å². The summed E-state index contributed by atoms with van der Waals surface area (Å²) >= 11 is 1.77. The predicted molar refractivity (Wildman–Crippen MR) is 121 cm³/mol. The molecule has 0 bridgehead atoms. The highest BCUT2D eigenvalue weighted by Gasteiger charge is 2.21. The lowest BCUT2D eigenvalue weighted by molar-refractivity contribution is -0.122. The normalized spacial score (nSPS) is 16.7. The molecule has 2 rings (SSSR count). The summed E-state index contributed by atoms with van der Waals surface area (Å²) in [6.07, 6.45) is 3.36. The number of nitrogens with zero attached hydrogens (tertiary/aromatic N) is 4. The average Bonchev–Trinajstić information content (AvgIpc) is 3.09. The highest BCUT2D eigenvalue weighted by atomic mass is 32.1. The van der Waals surface area contributed by atoms with Crippen LogP contribution in [0.4, 0.5) is 0 Å². The molecule has 1 aromatic rings. The van der Waals surface area contributed by atoms with Crippen LogP contribution < -0.4 is 10.6 Å². The van der Waals surface area contributed by atoms with Crippen molar-refractivity contribution in [2.24, 2.45) is 10.9 Å². The second-order valence-electron chi connectivity index (χ2n) is 8.89. The van der Waals surface area contributed by atoms with Gasteiger partial charge >= 0.3 is 0 Å². The van der Waals surface area contributed by atoms with E-state index in [-0.39, 0.29) is 11.4 Å². The van der Waals surface area contributed by atoms with E-state index < -0.39 is 0 Å². The lowest BCUT2D eigenvalue weighted by Gasteiger charge is -2.32. The van der Waals surface area contributed by atoms with Crippen LogP contribution in [0.25, 0.3) is 0 Å². The maximum absolute atomic E-state index is 12.2. The van der Waals surface area contributed by atoms with Gasteiger partial charge in [0.05, 0.1) is 17.2 Å². The van der Waals surface area contributed by atoms with Crippen molar-refractivity contribution in [3.05, 3.63) is 16.1 Å². The first-order valence-corrected chi connectivity index (χ1v) is 11.5. The van der Waals surface area contributed by atoms with Crippen molar-refractivity contribution >= 4 is 23.2 Å². The molecule has 7 nitrogen and oxygen atoms in total. The molecule has 0 spiro atoms. The number of aryl methyl sites for hydroxylation is 1. The van der Waals surface area contributed by atoms with Crippen molar-refractivity contribution < 1.29 is 4.79 Å². The van der Waals surface area contributed by atoms with Crippen molar-refractivity contribution in [2.45, 2.75) is 59.0 Å².